The van der Waals surface area contributed by atoms with Gasteiger partial charge in [-0.2, -0.15) is 0 Å². The van der Waals surface area contributed by atoms with Gasteiger partial charge in [0.2, 0.25) is 0 Å². The molecule has 9 aromatic rings. The van der Waals surface area contributed by atoms with Gasteiger partial charge in [-0.3, -0.25) is 0 Å². The van der Waals surface area contributed by atoms with Gasteiger partial charge in [-0.05, 0) is 118 Å². The van der Waals surface area contributed by atoms with Crippen molar-refractivity contribution < 1.29 is 0 Å². The molecule has 1 aliphatic rings. The zero-order valence-corrected chi connectivity index (χ0v) is 31.6. The van der Waals surface area contributed by atoms with E-state index in [9.17, 15) is 0 Å². The van der Waals surface area contributed by atoms with Crippen molar-refractivity contribution in [3.05, 3.63) is 206 Å². The third-order valence-electron chi connectivity index (χ3n) is 11.8. The van der Waals surface area contributed by atoms with E-state index in [1.165, 1.54) is 104 Å². The Morgan fingerprint density at radius 1 is 0.357 bits per heavy atom. The standard InChI is InChI=1S/C54H44N2/c1-4-12-39(13-5-1)41-20-22-42(23-21-41)44-26-33-49(34-27-44)55(48-31-24-43(25-32-48)40-14-6-2-7-15-40)50-35-28-45(29-36-50)46-30-37-52-51-18-10-11-19-53(51)56(54(52)38-46)47-16-8-3-9-17-47/h1,3-5,8-13,16-38,40H,2,6-7,14-15H2. The van der Waals surface area contributed by atoms with Gasteiger partial charge >= 0.3 is 0 Å². The van der Waals surface area contributed by atoms with Crippen LogP contribution in [0.25, 0.3) is 60.9 Å². The lowest BCUT2D eigenvalue weighted by Gasteiger charge is -2.27. The van der Waals surface area contributed by atoms with E-state index in [0.717, 1.165) is 11.4 Å². The SMILES string of the molecule is c1ccc(-c2ccc(-c3ccc(N(c4ccc(-c5ccc6c7ccccc7n(-c7ccccc7)c6c5)cc4)c4ccc(C5CCCCC5)cc4)cc3)cc2)cc1. The van der Waals surface area contributed by atoms with Crippen molar-refractivity contribution in [1.29, 1.82) is 0 Å². The van der Waals surface area contributed by atoms with Gasteiger partial charge in [0, 0.05) is 33.5 Å². The fourth-order valence-corrected chi connectivity index (χ4v) is 8.88. The van der Waals surface area contributed by atoms with Crippen molar-refractivity contribution in [1.82, 2.24) is 4.57 Å². The third-order valence-corrected chi connectivity index (χ3v) is 11.8. The lowest BCUT2D eigenvalue weighted by atomic mass is 9.84. The van der Waals surface area contributed by atoms with Crippen LogP contribution in [-0.2, 0) is 0 Å². The van der Waals surface area contributed by atoms with E-state index in [-0.39, 0.29) is 0 Å². The molecule has 1 fully saturated rings. The normalized spacial score (nSPS) is 13.3. The summed E-state index contributed by atoms with van der Waals surface area (Å²) in [6.07, 6.45) is 6.66. The molecular weight excluding hydrogens is 677 g/mol. The van der Waals surface area contributed by atoms with Crippen LogP contribution < -0.4 is 4.90 Å². The summed E-state index contributed by atoms with van der Waals surface area (Å²) in [5, 5.41) is 2.54. The highest BCUT2D eigenvalue weighted by atomic mass is 15.1. The highest BCUT2D eigenvalue weighted by molar-refractivity contribution is 6.10. The number of rotatable bonds is 8. The van der Waals surface area contributed by atoms with Crippen molar-refractivity contribution in [2.45, 2.75) is 38.0 Å². The summed E-state index contributed by atoms with van der Waals surface area (Å²) in [4.78, 5) is 2.40. The number of benzene rings is 8. The lowest BCUT2D eigenvalue weighted by molar-refractivity contribution is 0.443. The topological polar surface area (TPSA) is 8.17 Å². The maximum atomic E-state index is 2.40. The zero-order valence-electron chi connectivity index (χ0n) is 31.6. The predicted molar refractivity (Wildman–Crippen MR) is 238 cm³/mol. The first kappa shape index (κ1) is 33.9. The van der Waals surface area contributed by atoms with Crippen LogP contribution in [-0.4, -0.2) is 4.57 Å². The molecule has 1 aliphatic carbocycles. The van der Waals surface area contributed by atoms with Gasteiger partial charge in [-0.15, -0.1) is 0 Å². The Balaban J connectivity index is 0.999. The predicted octanol–water partition coefficient (Wildman–Crippen LogP) is 15.3. The number of hydrogen-bond acceptors (Lipinski definition) is 1. The van der Waals surface area contributed by atoms with Gasteiger partial charge in [0.25, 0.3) is 0 Å². The second-order valence-electron chi connectivity index (χ2n) is 15.2. The van der Waals surface area contributed by atoms with Gasteiger partial charge in [-0.25, -0.2) is 0 Å². The Kier molecular flexibility index (Phi) is 9.01. The van der Waals surface area contributed by atoms with Crippen LogP contribution in [0.15, 0.2) is 200 Å². The van der Waals surface area contributed by atoms with Gasteiger partial charge in [-0.1, -0.05) is 159 Å². The molecule has 0 saturated heterocycles. The molecule has 0 radical (unpaired) electrons. The average molecular weight is 721 g/mol. The highest BCUT2D eigenvalue weighted by Gasteiger charge is 2.18. The number of hydrogen-bond donors (Lipinski definition) is 0. The average Bonchev–Trinajstić information content (AvgIpc) is 3.62. The molecule has 1 saturated carbocycles. The smallest absolute Gasteiger partial charge is 0.0547 e. The molecular formula is C54H44N2. The fraction of sp³-hybridized carbons (Fsp3) is 0.111. The van der Waals surface area contributed by atoms with Crippen LogP contribution >= 0.6 is 0 Å². The van der Waals surface area contributed by atoms with Crippen LogP contribution in [0.4, 0.5) is 17.1 Å². The molecule has 0 bridgehead atoms. The van der Waals surface area contributed by atoms with Crippen LogP contribution in [0, 0.1) is 0 Å². The second-order valence-corrected chi connectivity index (χ2v) is 15.2. The molecule has 2 nitrogen and oxygen atoms in total. The summed E-state index contributed by atoms with van der Waals surface area (Å²) in [7, 11) is 0. The molecule has 10 rings (SSSR count). The van der Waals surface area contributed by atoms with E-state index < -0.39 is 0 Å². The number of aromatic nitrogens is 1. The Bertz CT molecular complexity index is 2720. The van der Waals surface area contributed by atoms with E-state index in [1.807, 2.05) is 0 Å². The summed E-state index contributed by atoms with van der Waals surface area (Å²) in [6.45, 7) is 0. The highest BCUT2D eigenvalue weighted by Crippen LogP contribution is 2.40. The second kappa shape index (κ2) is 14.9. The van der Waals surface area contributed by atoms with E-state index in [4.69, 9.17) is 0 Å². The summed E-state index contributed by atoms with van der Waals surface area (Å²) in [5.74, 6) is 0.677. The third kappa shape index (κ3) is 6.48. The summed E-state index contributed by atoms with van der Waals surface area (Å²) in [6, 6.07) is 73.3. The Hall–Kier alpha value is -6.64. The molecule has 0 aliphatic heterocycles. The largest absolute Gasteiger partial charge is 0.311 e. The van der Waals surface area contributed by atoms with Crippen molar-refractivity contribution in [3.8, 4) is 39.1 Å². The van der Waals surface area contributed by atoms with Gasteiger partial charge in [0.05, 0.1) is 11.0 Å². The fourth-order valence-electron chi connectivity index (χ4n) is 8.88. The number of para-hydroxylation sites is 2. The molecule has 56 heavy (non-hydrogen) atoms. The molecule has 270 valence electrons. The Labute approximate surface area is 330 Å². The van der Waals surface area contributed by atoms with Gasteiger partial charge in [0.1, 0.15) is 0 Å². The monoisotopic (exact) mass is 720 g/mol. The minimum Gasteiger partial charge on any atom is -0.311 e. The number of anilines is 3. The van der Waals surface area contributed by atoms with Crippen molar-refractivity contribution >= 4 is 38.9 Å². The summed E-state index contributed by atoms with van der Waals surface area (Å²) in [5.41, 5.74) is 15.8. The first-order chi connectivity index (χ1) is 27.8. The van der Waals surface area contributed by atoms with E-state index in [2.05, 4.69) is 210 Å². The molecule has 1 heterocycles. The summed E-state index contributed by atoms with van der Waals surface area (Å²) >= 11 is 0. The maximum absolute atomic E-state index is 2.40. The van der Waals surface area contributed by atoms with Gasteiger partial charge in [0.15, 0.2) is 0 Å². The minimum absolute atomic E-state index is 0.677. The zero-order chi connectivity index (χ0) is 37.3. The quantitative estimate of drug-likeness (QED) is 0.152. The van der Waals surface area contributed by atoms with Crippen molar-refractivity contribution in [2.24, 2.45) is 0 Å². The first-order valence-corrected chi connectivity index (χ1v) is 20.1. The first-order valence-electron chi connectivity index (χ1n) is 20.1. The molecule has 0 spiro atoms. The van der Waals surface area contributed by atoms with Crippen molar-refractivity contribution in [3.63, 3.8) is 0 Å². The maximum Gasteiger partial charge on any atom is 0.0547 e. The molecule has 0 N–H and O–H groups in total. The lowest BCUT2D eigenvalue weighted by Crippen LogP contribution is -2.10. The van der Waals surface area contributed by atoms with E-state index in [0.29, 0.717) is 5.92 Å². The molecule has 1 aromatic heterocycles. The number of nitrogens with zero attached hydrogens (tertiary/aromatic N) is 2. The molecule has 0 unspecified atom stereocenters. The molecule has 0 amide bonds. The van der Waals surface area contributed by atoms with Crippen LogP contribution in [0.1, 0.15) is 43.6 Å². The van der Waals surface area contributed by atoms with Crippen LogP contribution in [0.5, 0.6) is 0 Å². The van der Waals surface area contributed by atoms with Crippen LogP contribution in [0.2, 0.25) is 0 Å². The van der Waals surface area contributed by atoms with Gasteiger partial charge < -0.3 is 9.47 Å². The summed E-state index contributed by atoms with van der Waals surface area (Å²) < 4.78 is 2.39. The van der Waals surface area contributed by atoms with Crippen LogP contribution in [0.3, 0.4) is 0 Å². The Morgan fingerprint density at radius 3 is 1.41 bits per heavy atom. The van der Waals surface area contributed by atoms with E-state index >= 15 is 0 Å². The molecule has 8 aromatic carbocycles. The van der Waals surface area contributed by atoms with Crippen molar-refractivity contribution in [2.75, 3.05) is 4.90 Å². The van der Waals surface area contributed by atoms with E-state index in [1.54, 1.807) is 0 Å². The minimum atomic E-state index is 0.677. The molecule has 0 atom stereocenters. The molecule has 2 heteroatoms. The number of fused-ring (bicyclic) bond motifs is 3. The Morgan fingerprint density at radius 2 is 0.804 bits per heavy atom.